The molecular formula is C15H20N2O3. The van der Waals surface area contributed by atoms with Crippen molar-refractivity contribution in [2.24, 2.45) is 0 Å². The van der Waals surface area contributed by atoms with Crippen molar-refractivity contribution in [1.82, 2.24) is 4.90 Å². The number of benzene rings is 1. The van der Waals surface area contributed by atoms with Gasteiger partial charge in [0, 0.05) is 12.1 Å². The first-order chi connectivity index (χ1) is 9.33. The van der Waals surface area contributed by atoms with Crippen LogP contribution < -0.4 is 5.32 Å². The van der Waals surface area contributed by atoms with E-state index in [0.29, 0.717) is 17.8 Å². The van der Waals surface area contributed by atoms with Gasteiger partial charge in [-0.1, -0.05) is 12.1 Å². The number of amides is 2. The topological polar surface area (TPSA) is 69.6 Å². The van der Waals surface area contributed by atoms with Gasteiger partial charge in [0.25, 0.3) is 0 Å². The van der Waals surface area contributed by atoms with E-state index in [1.807, 2.05) is 13.8 Å². The summed E-state index contributed by atoms with van der Waals surface area (Å²) < 4.78 is 0. The lowest BCUT2D eigenvalue weighted by molar-refractivity contribution is 0.0697. The van der Waals surface area contributed by atoms with Crippen molar-refractivity contribution < 1.29 is 14.7 Å². The van der Waals surface area contributed by atoms with Gasteiger partial charge < -0.3 is 15.3 Å². The summed E-state index contributed by atoms with van der Waals surface area (Å²) in [6.07, 6.45) is 1.93. The molecule has 1 aliphatic heterocycles. The summed E-state index contributed by atoms with van der Waals surface area (Å²) in [5, 5.41) is 12.0. The van der Waals surface area contributed by atoms with E-state index < -0.39 is 5.97 Å². The zero-order chi connectivity index (χ0) is 14.9. The van der Waals surface area contributed by atoms with Crippen LogP contribution in [0.2, 0.25) is 0 Å². The molecule has 2 N–H and O–H groups in total. The van der Waals surface area contributed by atoms with E-state index in [0.717, 1.165) is 12.8 Å². The largest absolute Gasteiger partial charge is 0.478 e. The minimum Gasteiger partial charge on any atom is -0.478 e. The molecule has 5 nitrogen and oxygen atoms in total. The lowest BCUT2D eigenvalue weighted by atomic mass is 10.0. The van der Waals surface area contributed by atoms with Gasteiger partial charge in [-0.3, -0.25) is 0 Å². The van der Waals surface area contributed by atoms with Crippen molar-refractivity contribution in [1.29, 1.82) is 0 Å². The maximum atomic E-state index is 12.3. The molecule has 1 fully saturated rings. The highest BCUT2D eigenvalue weighted by Gasteiger charge is 2.35. The standard InChI is InChI=1S/C15H20N2O3/c1-10-6-4-7-11(12(10)13(18)19)16-14(20)17-9-5-8-15(17,2)3/h4,6-7H,5,8-9H2,1-3H3,(H,16,20)(H,18,19). The molecule has 0 radical (unpaired) electrons. The van der Waals surface area contributed by atoms with Gasteiger partial charge in [-0.25, -0.2) is 9.59 Å². The smallest absolute Gasteiger partial charge is 0.338 e. The molecule has 5 heteroatoms. The van der Waals surface area contributed by atoms with Crippen LogP contribution in [0, 0.1) is 6.92 Å². The van der Waals surface area contributed by atoms with Crippen LogP contribution in [0.1, 0.15) is 42.6 Å². The lowest BCUT2D eigenvalue weighted by Gasteiger charge is -2.31. The van der Waals surface area contributed by atoms with E-state index in [4.69, 9.17) is 0 Å². The molecule has 0 aliphatic carbocycles. The Labute approximate surface area is 118 Å². The number of aromatic carboxylic acids is 1. The van der Waals surface area contributed by atoms with Gasteiger partial charge in [-0.2, -0.15) is 0 Å². The van der Waals surface area contributed by atoms with Crippen LogP contribution in [0.15, 0.2) is 18.2 Å². The highest BCUT2D eigenvalue weighted by atomic mass is 16.4. The van der Waals surface area contributed by atoms with E-state index in [2.05, 4.69) is 5.32 Å². The average molecular weight is 276 g/mol. The summed E-state index contributed by atoms with van der Waals surface area (Å²) in [5.41, 5.74) is 0.955. The molecule has 1 heterocycles. The van der Waals surface area contributed by atoms with Crippen molar-refractivity contribution in [3.63, 3.8) is 0 Å². The number of rotatable bonds is 2. The van der Waals surface area contributed by atoms with Crippen molar-refractivity contribution in [2.45, 2.75) is 39.2 Å². The molecule has 1 aromatic rings. The van der Waals surface area contributed by atoms with Crippen LogP contribution >= 0.6 is 0 Å². The summed E-state index contributed by atoms with van der Waals surface area (Å²) in [5.74, 6) is -1.03. The molecule has 2 rings (SSSR count). The molecule has 0 atom stereocenters. The lowest BCUT2D eigenvalue weighted by Crippen LogP contribution is -2.45. The van der Waals surface area contributed by atoms with Crippen LogP contribution in [0.5, 0.6) is 0 Å². The van der Waals surface area contributed by atoms with E-state index in [1.165, 1.54) is 0 Å². The number of aryl methyl sites for hydroxylation is 1. The Balaban J connectivity index is 2.25. The maximum absolute atomic E-state index is 12.3. The van der Waals surface area contributed by atoms with Crippen LogP contribution in [-0.4, -0.2) is 34.1 Å². The third kappa shape index (κ3) is 2.61. The predicted octanol–water partition coefficient (Wildman–Crippen LogP) is 3.10. The molecule has 0 bridgehead atoms. The monoisotopic (exact) mass is 276 g/mol. The number of nitrogens with one attached hydrogen (secondary N) is 1. The van der Waals surface area contributed by atoms with E-state index in [1.54, 1.807) is 30.0 Å². The van der Waals surface area contributed by atoms with Gasteiger partial charge in [0.15, 0.2) is 0 Å². The number of carboxylic acid groups (broad SMARTS) is 1. The van der Waals surface area contributed by atoms with Crippen molar-refractivity contribution in [2.75, 3.05) is 11.9 Å². The number of nitrogens with zero attached hydrogens (tertiary/aromatic N) is 1. The van der Waals surface area contributed by atoms with Gasteiger partial charge in [0.2, 0.25) is 0 Å². The first kappa shape index (κ1) is 14.4. The van der Waals surface area contributed by atoms with Gasteiger partial charge in [-0.05, 0) is 45.2 Å². The second-order valence-corrected chi connectivity index (χ2v) is 5.80. The maximum Gasteiger partial charge on any atom is 0.338 e. The first-order valence-electron chi connectivity index (χ1n) is 6.74. The Kier molecular flexibility index (Phi) is 3.70. The van der Waals surface area contributed by atoms with Crippen LogP contribution in [-0.2, 0) is 0 Å². The third-order valence-corrected chi connectivity index (χ3v) is 3.87. The second kappa shape index (κ2) is 5.15. The molecule has 0 unspecified atom stereocenters. The summed E-state index contributed by atoms with van der Waals surface area (Å²) in [4.78, 5) is 25.4. The fraction of sp³-hybridized carbons (Fsp3) is 0.467. The zero-order valence-electron chi connectivity index (χ0n) is 12.1. The quantitative estimate of drug-likeness (QED) is 0.872. The molecular weight excluding hydrogens is 256 g/mol. The minimum atomic E-state index is -1.03. The summed E-state index contributed by atoms with van der Waals surface area (Å²) in [6, 6.07) is 4.85. The number of hydrogen-bond acceptors (Lipinski definition) is 2. The number of anilines is 1. The van der Waals surface area contributed by atoms with Crippen LogP contribution in [0.25, 0.3) is 0 Å². The molecule has 20 heavy (non-hydrogen) atoms. The van der Waals surface area contributed by atoms with Crippen LogP contribution in [0.4, 0.5) is 10.5 Å². The van der Waals surface area contributed by atoms with Gasteiger partial charge in [0.1, 0.15) is 0 Å². The molecule has 1 saturated heterocycles. The van der Waals surface area contributed by atoms with Gasteiger partial charge >= 0.3 is 12.0 Å². The fourth-order valence-corrected chi connectivity index (χ4v) is 2.72. The highest BCUT2D eigenvalue weighted by molar-refractivity contribution is 6.01. The third-order valence-electron chi connectivity index (χ3n) is 3.87. The van der Waals surface area contributed by atoms with Crippen molar-refractivity contribution >= 4 is 17.7 Å². The molecule has 0 spiro atoms. The summed E-state index contributed by atoms with van der Waals surface area (Å²) in [6.45, 7) is 6.47. The van der Waals surface area contributed by atoms with Crippen molar-refractivity contribution in [3.8, 4) is 0 Å². The number of hydrogen-bond donors (Lipinski definition) is 2. The Bertz CT molecular complexity index is 552. The van der Waals surface area contributed by atoms with Gasteiger partial charge in [-0.15, -0.1) is 0 Å². The SMILES string of the molecule is Cc1cccc(NC(=O)N2CCCC2(C)C)c1C(=O)O. The zero-order valence-corrected chi connectivity index (χ0v) is 12.1. The fourth-order valence-electron chi connectivity index (χ4n) is 2.72. The van der Waals surface area contributed by atoms with Crippen molar-refractivity contribution in [3.05, 3.63) is 29.3 Å². The van der Waals surface area contributed by atoms with Crippen LogP contribution in [0.3, 0.4) is 0 Å². The molecule has 1 aromatic carbocycles. The number of carbonyl (C=O) groups is 2. The minimum absolute atomic E-state index is 0.151. The molecule has 1 aliphatic rings. The van der Waals surface area contributed by atoms with E-state index >= 15 is 0 Å². The Hall–Kier alpha value is -2.04. The Morgan fingerprint density at radius 1 is 1.35 bits per heavy atom. The van der Waals surface area contributed by atoms with E-state index in [9.17, 15) is 14.7 Å². The Morgan fingerprint density at radius 3 is 2.60 bits per heavy atom. The summed E-state index contributed by atoms with van der Waals surface area (Å²) in [7, 11) is 0. The average Bonchev–Trinajstić information content (AvgIpc) is 2.68. The predicted molar refractivity (Wildman–Crippen MR) is 77.2 cm³/mol. The summed E-state index contributed by atoms with van der Waals surface area (Å²) >= 11 is 0. The molecule has 2 amide bonds. The van der Waals surface area contributed by atoms with E-state index in [-0.39, 0.29) is 17.1 Å². The number of likely N-dealkylation sites (tertiary alicyclic amines) is 1. The van der Waals surface area contributed by atoms with Gasteiger partial charge in [0.05, 0.1) is 11.3 Å². The first-order valence-corrected chi connectivity index (χ1v) is 6.74. The molecule has 0 saturated carbocycles. The number of carboxylic acids is 1. The molecule has 0 aromatic heterocycles. The Morgan fingerprint density at radius 2 is 2.05 bits per heavy atom. The number of carbonyl (C=O) groups excluding carboxylic acids is 1. The molecule has 108 valence electrons. The number of urea groups is 1. The second-order valence-electron chi connectivity index (χ2n) is 5.80. The highest BCUT2D eigenvalue weighted by Crippen LogP contribution is 2.29. The normalized spacial score (nSPS) is 17.1.